The van der Waals surface area contributed by atoms with Crippen LogP contribution in [0.3, 0.4) is 0 Å². The molecule has 0 N–H and O–H groups in total. The second-order valence-electron chi connectivity index (χ2n) is 10.2. The zero-order chi connectivity index (χ0) is 27.9. The second-order valence-corrected chi connectivity index (χ2v) is 11.4. The van der Waals surface area contributed by atoms with Crippen molar-refractivity contribution in [3.63, 3.8) is 0 Å². The Morgan fingerprint density at radius 3 is 1.90 bits per heavy atom. The Labute approximate surface area is 245 Å². The molecule has 2 aliphatic rings. The fourth-order valence-corrected chi connectivity index (χ4v) is 6.53. The molecule has 0 radical (unpaired) electrons. The van der Waals surface area contributed by atoms with Crippen LogP contribution in [0.5, 0.6) is 0 Å². The number of ether oxygens (including phenoxy) is 4. The summed E-state index contributed by atoms with van der Waals surface area (Å²) in [5.41, 5.74) is 2.78. The molecule has 0 bridgehead atoms. The van der Waals surface area contributed by atoms with E-state index in [-0.39, 0.29) is 17.6 Å². The van der Waals surface area contributed by atoms with Crippen LogP contribution >= 0.6 is 11.8 Å². The predicted molar refractivity (Wildman–Crippen MR) is 158 cm³/mol. The minimum absolute atomic E-state index is 0.305. The maximum atomic E-state index is 13.4. The highest BCUT2D eigenvalue weighted by atomic mass is 32.2. The van der Waals surface area contributed by atoms with Gasteiger partial charge in [0.05, 0.1) is 19.8 Å². The van der Waals surface area contributed by atoms with Crippen molar-refractivity contribution in [2.75, 3.05) is 6.61 Å². The highest BCUT2D eigenvalue weighted by Crippen LogP contribution is 2.42. The summed E-state index contributed by atoms with van der Waals surface area (Å²) >= 11 is 1.60. The molecule has 41 heavy (non-hydrogen) atoms. The van der Waals surface area contributed by atoms with Gasteiger partial charge in [-0.15, -0.1) is 0 Å². The van der Waals surface area contributed by atoms with Crippen molar-refractivity contribution in [3.8, 4) is 0 Å². The fourth-order valence-electron chi connectivity index (χ4n) is 5.31. The Balaban J connectivity index is 1.28. The summed E-state index contributed by atoms with van der Waals surface area (Å²) in [5, 5.41) is 0. The molecule has 4 aromatic carbocycles. The van der Waals surface area contributed by atoms with Crippen LogP contribution in [0.4, 0.5) is 4.79 Å². The van der Waals surface area contributed by atoms with E-state index in [0.29, 0.717) is 26.4 Å². The third-order valence-electron chi connectivity index (χ3n) is 7.32. The molecular weight excluding hydrogens is 534 g/mol. The third kappa shape index (κ3) is 6.82. The van der Waals surface area contributed by atoms with E-state index in [4.69, 9.17) is 18.9 Å². The van der Waals surface area contributed by atoms with E-state index in [1.54, 1.807) is 16.7 Å². The summed E-state index contributed by atoms with van der Waals surface area (Å²) in [6.07, 6.45) is -1.82. The first-order chi connectivity index (χ1) is 20.2. The van der Waals surface area contributed by atoms with Crippen LogP contribution < -0.4 is 0 Å². The van der Waals surface area contributed by atoms with Crippen LogP contribution in [-0.4, -0.2) is 47.4 Å². The van der Waals surface area contributed by atoms with Crippen LogP contribution in [0.15, 0.2) is 126 Å². The Kier molecular flexibility index (Phi) is 8.98. The average molecular weight is 568 g/mol. The van der Waals surface area contributed by atoms with Crippen molar-refractivity contribution in [1.82, 2.24) is 4.90 Å². The van der Waals surface area contributed by atoms with Gasteiger partial charge >= 0.3 is 6.09 Å². The molecule has 2 heterocycles. The van der Waals surface area contributed by atoms with Gasteiger partial charge in [-0.2, -0.15) is 0 Å². The standard InChI is InChI=1S/C34H33NO5S/c36-34-35(21-25-13-5-1-6-14-25)30-32(40-34)31(38-23-27-17-9-3-10-18-27)29(24-37-22-26-15-7-2-8-16-26)39-33(30)41-28-19-11-4-12-20-28/h1-20,29-33H,21-24H2/t29-,30-,31-,32-,33-/m1/s1. The summed E-state index contributed by atoms with van der Waals surface area (Å²) in [6, 6.07) is 39.8. The van der Waals surface area contributed by atoms with E-state index in [9.17, 15) is 4.79 Å². The van der Waals surface area contributed by atoms with Crippen LogP contribution in [-0.2, 0) is 38.7 Å². The van der Waals surface area contributed by atoms with E-state index >= 15 is 0 Å². The van der Waals surface area contributed by atoms with Gasteiger partial charge in [0.2, 0.25) is 0 Å². The van der Waals surface area contributed by atoms with Gasteiger partial charge in [-0.1, -0.05) is 121 Å². The Morgan fingerprint density at radius 1 is 0.707 bits per heavy atom. The van der Waals surface area contributed by atoms with Crippen molar-refractivity contribution < 1.29 is 23.7 Å². The van der Waals surface area contributed by atoms with Gasteiger partial charge < -0.3 is 18.9 Å². The largest absolute Gasteiger partial charge is 0.441 e. The van der Waals surface area contributed by atoms with Crippen LogP contribution in [0.25, 0.3) is 0 Å². The molecule has 6 rings (SSSR count). The zero-order valence-electron chi connectivity index (χ0n) is 22.7. The lowest BCUT2D eigenvalue weighted by molar-refractivity contribution is -0.192. The number of fused-ring (bicyclic) bond motifs is 1. The van der Waals surface area contributed by atoms with Crippen molar-refractivity contribution in [3.05, 3.63) is 138 Å². The van der Waals surface area contributed by atoms with Gasteiger partial charge in [0, 0.05) is 11.4 Å². The molecule has 2 saturated heterocycles. The molecule has 4 aromatic rings. The number of hydrogen-bond donors (Lipinski definition) is 0. The molecule has 1 amide bonds. The quantitative estimate of drug-likeness (QED) is 0.201. The minimum atomic E-state index is -0.518. The maximum absolute atomic E-state index is 13.4. The number of nitrogens with zero attached hydrogens (tertiary/aromatic N) is 1. The van der Waals surface area contributed by atoms with Gasteiger partial charge in [-0.05, 0) is 28.8 Å². The Hall–Kier alpha value is -3.62. The van der Waals surface area contributed by atoms with Gasteiger partial charge in [-0.3, -0.25) is 4.90 Å². The molecule has 2 aliphatic heterocycles. The number of hydrogen-bond acceptors (Lipinski definition) is 6. The average Bonchev–Trinajstić information content (AvgIpc) is 3.34. The maximum Gasteiger partial charge on any atom is 0.411 e. The Morgan fingerprint density at radius 2 is 1.27 bits per heavy atom. The number of carbonyl (C=O) groups is 1. The molecule has 210 valence electrons. The summed E-state index contributed by atoms with van der Waals surface area (Å²) in [6.45, 7) is 1.56. The summed E-state index contributed by atoms with van der Waals surface area (Å²) < 4.78 is 25.6. The molecule has 7 heteroatoms. The number of rotatable bonds is 11. The molecule has 0 saturated carbocycles. The van der Waals surface area contributed by atoms with Crippen molar-refractivity contribution in [2.45, 2.75) is 54.4 Å². The van der Waals surface area contributed by atoms with Crippen LogP contribution in [0.2, 0.25) is 0 Å². The summed E-state index contributed by atoms with van der Waals surface area (Å²) in [5.74, 6) is 0. The fraction of sp³-hybridized carbons (Fsp3) is 0.265. The first kappa shape index (κ1) is 27.5. The van der Waals surface area contributed by atoms with Gasteiger partial charge in [0.1, 0.15) is 23.7 Å². The highest BCUT2D eigenvalue weighted by Gasteiger charge is 2.57. The first-order valence-electron chi connectivity index (χ1n) is 13.9. The molecule has 0 spiro atoms. The molecular formula is C34H33NO5S. The van der Waals surface area contributed by atoms with E-state index in [1.165, 1.54) is 0 Å². The zero-order valence-corrected chi connectivity index (χ0v) is 23.5. The van der Waals surface area contributed by atoms with E-state index in [2.05, 4.69) is 12.1 Å². The van der Waals surface area contributed by atoms with Gasteiger partial charge in [-0.25, -0.2) is 4.79 Å². The number of carbonyl (C=O) groups excluding carboxylic acids is 1. The molecule has 0 aliphatic carbocycles. The van der Waals surface area contributed by atoms with E-state index in [0.717, 1.165) is 21.6 Å². The molecule has 5 atom stereocenters. The number of amides is 1. The predicted octanol–water partition coefficient (Wildman–Crippen LogP) is 6.70. The van der Waals surface area contributed by atoms with Crippen molar-refractivity contribution in [1.29, 1.82) is 0 Å². The third-order valence-corrected chi connectivity index (χ3v) is 8.48. The normalized spacial score (nSPS) is 23.7. The topological polar surface area (TPSA) is 57.2 Å². The van der Waals surface area contributed by atoms with Crippen LogP contribution in [0, 0.1) is 0 Å². The van der Waals surface area contributed by atoms with Gasteiger partial charge in [0.25, 0.3) is 0 Å². The molecule has 6 nitrogen and oxygen atoms in total. The summed E-state index contributed by atoms with van der Waals surface area (Å²) in [7, 11) is 0. The monoisotopic (exact) mass is 567 g/mol. The van der Waals surface area contributed by atoms with Crippen molar-refractivity contribution >= 4 is 17.9 Å². The lowest BCUT2D eigenvalue weighted by Gasteiger charge is -2.43. The summed E-state index contributed by atoms with van der Waals surface area (Å²) in [4.78, 5) is 16.3. The molecule has 2 fully saturated rings. The van der Waals surface area contributed by atoms with E-state index < -0.39 is 18.3 Å². The SMILES string of the molecule is O=C1O[C@H]2[C@H](OCc3ccccc3)[C@@H](COCc3ccccc3)O[C@H](Sc3ccccc3)[C@@H]2N1Cc1ccccc1. The lowest BCUT2D eigenvalue weighted by Crippen LogP contribution is -2.60. The number of thioether (sulfide) groups is 1. The highest BCUT2D eigenvalue weighted by molar-refractivity contribution is 7.99. The Bertz CT molecular complexity index is 1380. The number of benzene rings is 4. The first-order valence-corrected chi connectivity index (χ1v) is 14.8. The molecule has 0 aromatic heterocycles. The van der Waals surface area contributed by atoms with Crippen LogP contribution in [0.1, 0.15) is 16.7 Å². The minimum Gasteiger partial charge on any atom is -0.441 e. The molecule has 0 unspecified atom stereocenters. The van der Waals surface area contributed by atoms with Gasteiger partial charge in [0.15, 0.2) is 6.10 Å². The van der Waals surface area contributed by atoms with E-state index in [1.807, 2.05) is 109 Å². The second kappa shape index (κ2) is 13.4. The van der Waals surface area contributed by atoms with Crippen molar-refractivity contribution in [2.24, 2.45) is 0 Å². The lowest BCUT2D eigenvalue weighted by atomic mass is 9.97. The smallest absolute Gasteiger partial charge is 0.411 e.